The van der Waals surface area contributed by atoms with Gasteiger partial charge in [0.2, 0.25) is 0 Å². The Balaban J connectivity index is 2.28. The van der Waals surface area contributed by atoms with Crippen molar-refractivity contribution in [3.63, 3.8) is 0 Å². The Hall–Kier alpha value is -1.38. The lowest BCUT2D eigenvalue weighted by Crippen LogP contribution is -2.19. The van der Waals surface area contributed by atoms with Crippen LogP contribution in [0.4, 0.5) is 4.39 Å². The molecule has 0 heterocycles. The number of rotatable bonds is 5. The van der Waals surface area contributed by atoms with Crippen LogP contribution in [0.15, 0.2) is 42.5 Å². The van der Waals surface area contributed by atoms with Gasteiger partial charge in [0.15, 0.2) is 0 Å². The van der Waals surface area contributed by atoms with Crippen molar-refractivity contribution in [3.05, 3.63) is 70.0 Å². The topological polar surface area (TPSA) is 12.0 Å². The average Bonchev–Trinajstić information content (AvgIpc) is 2.43. The van der Waals surface area contributed by atoms with E-state index < -0.39 is 0 Å². The first kappa shape index (κ1) is 15.0. The van der Waals surface area contributed by atoms with Crippen LogP contribution in [0.1, 0.15) is 22.6 Å². The normalized spacial score (nSPS) is 12.4. The molecule has 20 heavy (non-hydrogen) atoms. The van der Waals surface area contributed by atoms with E-state index >= 15 is 0 Å². The monoisotopic (exact) mass is 291 g/mol. The van der Waals surface area contributed by atoms with E-state index in [0.717, 1.165) is 18.5 Å². The molecule has 0 bridgehead atoms. The van der Waals surface area contributed by atoms with Gasteiger partial charge in [0.05, 0.1) is 5.02 Å². The van der Waals surface area contributed by atoms with E-state index in [9.17, 15) is 4.39 Å². The lowest BCUT2D eigenvalue weighted by atomic mass is 9.91. The molecule has 0 saturated heterocycles. The molecule has 3 heteroatoms. The largest absolute Gasteiger partial charge is 0.319 e. The van der Waals surface area contributed by atoms with Crippen molar-refractivity contribution in [2.45, 2.75) is 19.3 Å². The van der Waals surface area contributed by atoms with Crippen molar-refractivity contribution in [1.29, 1.82) is 0 Å². The van der Waals surface area contributed by atoms with Gasteiger partial charge in [-0.3, -0.25) is 0 Å². The van der Waals surface area contributed by atoms with Crippen molar-refractivity contribution >= 4 is 11.6 Å². The molecule has 2 aromatic carbocycles. The molecule has 106 valence electrons. The Bertz CT molecular complexity index is 583. The predicted octanol–water partition coefficient (Wildman–Crippen LogP) is 4.33. The quantitative estimate of drug-likeness (QED) is 0.864. The number of aryl methyl sites for hydroxylation is 1. The van der Waals surface area contributed by atoms with Gasteiger partial charge in [-0.2, -0.15) is 0 Å². The maximum Gasteiger partial charge on any atom is 0.142 e. The van der Waals surface area contributed by atoms with Crippen LogP contribution in [0.3, 0.4) is 0 Å². The molecule has 1 unspecified atom stereocenters. The lowest BCUT2D eigenvalue weighted by Gasteiger charge is -2.18. The highest BCUT2D eigenvalue weighted by Gasteiger charge is 2.15. The fourth-order valence-electron chi connectivity index (χ4n) is 2.45. The van der Waals surface area contributed by atoms with Crippen LogP contribution < -0.4 is 5.32 Å². The first-order chi connectivity index (χ1) is 9.61. The van der Waals surface area contributed by atoms with Crippen LogP contribution in [-0.4, -0.2) is 13.6 Å². The summed E-state index contributed by atoms with van der Waals surface area (Å²) < 4.78 is 13.5. The molecule has 0 radical (unpaired) electrons. The molecule has 0 saturated carbocycles. The molecule has 0 spiro atoms. The predicted molar refractivity (Wildman–Crippen MR) is 83.0 cm³/mol. The minimum Gasteiger partial charge on any atom is -0.319 e. The Morgan fingerprint density at radius 1 is 1.20 bits per heavy atom. The summed E-state index contributed by atoms with van der Waals surface area (Å²) in [6, 6.07) is 13.4. The molecule has 0 aliphatic carbocycles. The highest BCUT2D eigenvalue weighted by atomic mass is 35.5. The number of hydrogen-bond acceptors (Lipinski definition) is 1. The van der Waals surface area contributed by atoms with Gasteiger partial charge in [-0.05, 0) is 37.6 Å². The maximum atomic E-state index is 13.5. The van der Waals surface area contributed by atoms with Crippen molar-refractivity contribution in [2.75, 3.05) is 13.6 Å². The van der Waals surface area contributed by atoms with Gasteiger partial charge < -0.3 is 5.32 Å². The number of hydrogen-bond donors (Lipinski definition) is 1. The Labute approximate surface area is 124 Å². The third kappa shape index (κ3) is 3.59. The fourth-order valence-corrected chi connectivity index (χ4v) is 2.65. The van der Waals surface area contributed by atoms with Gasteiger partial charge in [-0.15, -0.1) is 0 Å². The van der Waals surface area contributed by atoms with Crippen molar-refractivity contribution in [2.24, 2.45) is 0 Å². The van der Waals surface area contributed by atoms with Crippen molar-refractivity contribution < 1.29 is 4.39 Å². The molecule has 0 aliphatic rings. The fraction of sp³-hybridized carbons (Fsp3) is 0.294. The first-order valence-electron chi connectivity index (χ1n) is 6.76. The molecule has 1 atom stereocenters. The Kier molecular flexibility index (Phi) is 5.16. The summed E-state index contributed by atoms with van der Waals surface area (Å²) in [5.74, 6) is -0.0733. The molecule has 2 rings (SSSR count). The van der Waals surface area contributed by atoms with Crippen LogP contribution >= 0.6 is 11.6 Å². The highest BCUT2D eigenvalue weighted by Crippen LogP contribution is 2.27. The summed E-state index contributed by atoms with van der Waals surface area (Å²) in [7, 11) is 1.93. The molecular formula is C17H19ClFN. The van der Waals surface area contributed by atoms with Crippen LogP contribution in [-0.2, 0) is 6.42 Å². The molecule has 2 aromatic rings. The zero-order chi connectivity index (χ0) is 14.5. The molecule has 1 N–H and O–H groups in total. The summed E-state index contributed by atoms with van der Waals surface area (Å²) >= 11 is 6.06. The summed E-state index contributed by atoms with van der Waals surface area (Å²) in [6.45, 7) is 2.91. The Morgan fingerprint density at radius 3 is 2.65 bits per heavy atom. The number of halogens is 2. The van der Waals surface area contributed by atoms with Gasteiger partial charge >= 0.3 is 0 Å². The number of likely N-dealkylation sites (N-methyl/N-ethyl adjacent to an activating group) is 1. The van der Waals surface area contributed by atoms with Crippen LogP contribution in [0.25, 0.3) is 0 Å². The van der Waals surface area contributed by atoms with Gasteiger partial charge in [0.1, 0.15) is 5.82 Å². The second kappa shape index (κ2) is 6.87. The molecule has 0 aromatic heterocycles. The zero-order valence-corrected chi connectivity index (χ0v) is 12.5. The summed E-state index contributed by atoms with van der Waals surface area (Å²) in [5, 5.41) is 3.44. The van der Waals surface area contributed by atoms with E-state index in [1.807, 2.05) is 13.1 Å². The van der Waals surface area contributed by atoms with Gasteiger partial charge in [0, 0.05) is 12.5 Å². The molecule has 0 aliphatic heterocycles. The average molecular weight is 292 g/mol. The van der Waals surface area contributed by atoms with Crippen LogP contribution in [0.2, 0.25) is 5.02 Å². The van der Waals surface area contributed by atoms with Crippen LogP contribution in [0, 0.1) is 12.7 Å². The van der Waals surface area contributed by atoms with Gasteiger partial charge in [-0.25, -0.2) is 4.39 Å². The van der Waals surface area contributed by atoms with E-state index in [1.165, 1.54) is 17.2 Å². The third-order valence-electron chi connectivity index (χ3n) is 3.46. The van der Waals surface area contributed by atoms with E-state index in [0.29, 0.717) is 0 Å². The van der Waals surface area contributed by atoms with Gasteiger partial charge in [-0.1, -0.05) is 53.6 Å². The summed E-state index contributed by atoms with van der Waals surface area (Å²) in [6.07, 6.45) is 0.723. The zero-order valence-electron chi connectivity index (χ0n) is 11.8. The second-order valence-corrected chi connectivity index (χ2v) is 5.46. The summed E-state index contributed by atoms with van der Waals surface area (Å²) in [4.78, 5) is 0. The summed E-state index contributed by atoms with van der Waals surface area (Å²) in [5.41, 5.74) is 3.34. The maximum absolute atomic E-state index is 13.5. The molecule has 0 fully saturated rings. The van der Waals surface area contributed by atoms with E-state index in [1.54, 1.807) is 6.07 Å². The number of nitrogens with one attached hydrogen (secondary N) is 1. The minimum atomic E-state index is -0.350. The third-order valence-corrected chi connectivity index (χ3v) is 3.89. The lowest BCUT2D eigenvalue weighted by molar-refractivity contribution is 0.608. The molecular weight excluding hydrogens is 273 g/mol. The first-order valence-corrected chi connectivity index (χ1v) is 7.13. The van der Waals surface area contributed by atoms with Crippen molar-refractivity contribution in [3.8, 4) is 0 Å². The van der Waals surface area contributed by atoms with E-state index in [2.05, 4.69) is 36.5 Å². The van der Waals surface area contributed by atoms with E-state index in [-0.39, 0.29) is 16.8 Å². The standard InChI is InChI=1S/C17H19ClFN/c1-12-5-3-6-13(9-12)15(11-20-2)10-14-7-4-8-16(19)17(14)18/h3-9,15,20H,10-11H2,1-2H3. The Morgan fingerprint density at radius 2 is 1.95 bits per heavy atom. The molecule has 1 nitrogen and oxygen atoms in total. The number of benzene rings is 2. The molecule has 0 amide bonds. The van der Waals surface area contributed by atoms with Gasteiger partial charge in [0.25, 0.3) is 0 Å². The smallest absolute Gasteiger partial charge is 0.142 e. The highest BCUT2D eigenvalue weighted by molar-refractivity contribution is 6.31. The SMILES string of the molecule is CNCC(Cc1cccc(F)c1Cl)c1cccc(C)c1. The van der Waals surface area contributed by atoms with Crippen LogP contribution in [0.5, 0.6) is 0 Å². The van der Waals surface area contributed by atoms with Crippen molar-refractivity contribution in [1.82, 2.24) is 5.32 Å². The van der Waals surface area contributed by atoms with E-state index in [4.69, 9.17) is 11.6 Å². The minimum absolute atomic E-state index is 0.237. The second-order valence-electron chi connectivity index (χ2n) is 5.09.